The van der Waals surface area contributed by atoms with E-state index in [-0.39, 0.29) is 0 Å². The standard InChI is InChI=1S/C13H14N2O2/c1-17-13-5-3-2-4-10(13)8-12(16)11-6-7-14-15-9-11/h2-7,9,12,16H,8H2,1H3. The van der Waals surface area contributed by atoms with Crippen LogP contribution in [0.15, 0.2) is 42.7 Å². The molecule has 1 atom stereocenters. The number of benzene rings is 1. The Balaban J connectivity index is 2.16. The molecule has 0 aliphatic rings. The lowest BCUT2D eigenvalue weighted by molar-refractivity contribution is 0.176. The first kappa shape index (κ1) is 11.5. The van der Waals surface area contributed by atoms with Crippen molar-refractivity contribution in [1.29, 1.82) is 0 Å². The quantitative estimate of drug-likeness (QED) is 0.869. The van der Waals surface area contributed by atoms with E-state index in [0.717, 1.165) is 16.9 Å². The average molecular weight is 230 g/mol. The van der Waals surface area contributed by atoms with Gasteiger partial charge >= 0.3 is 0 Å². The van der Waals surface area contributed by atoms with E-state index in [4.69, 9.17) is 4.74 Å². The van der Waals surface area contributed by atoms with Crippen LogP contribution in [0.4, 0.5) is 0 Å². The minimum Gasteiger partial charge on any atom is -0.496 e. The lowest BCUT2D eigenvalue weighted by atomic mass is 10.0. The molecule has 0 amide bonds. The fourth-order valence-corrected chi connectivity index (χ4v) is 1.70. The molecule has 1 aromatic heterocycles. The second-order valence-electron chi connectivity index (χ2n) is 3.71. The maximum Gasteiger partial charge on any atom is 0.122 e. The van der Waals surface area contributed by atoms with Crippen molar-refractivity contribution in [2.75, 3.05) is 7.11 Å². The number of aromatic nitrogens is 2. The summed E-state index contributed by atoms with van der Waals surface area (Å²) in [6.07, 6.45) is 3.04. The fourth-order valence-electron chi connectivity index (χ4n) is 1.70. The summed E-state index contributed by atoms with van der Waals surface area (Å²) in [6, 6.07) is 9.41. The second-order valence-corrected chi connectivity index (χ2v) is 3.71. The Morgan fingerprint density at radius 1 is 1.24 bits per heavy atom. The molecule has 2 aromatic rings. The fraction of sp³-hybridized carbons (Fsp3) is 0.231. The highest BCUT2D eigenvalue weighted by Gasteiger charge is 2.11. The number of hydrogen-bond donors (Lipinski definition) is 1. The SMILES string of the molecule is COc1ccccc1CC(O)c1ccnnc1. The van der Waals surface area contributed by atoms with Crippen LogP contribution < -0.4 is 4.74 Å². The molecule has 2 rings (SSSR count). The summed E-state index contributed by atoms with van der Waals surface area (Å²) in [6.45, 7) is 0. The Labute approximate surface area is 99.9 Å². The van der Waals surface area contributed by atoms with Gasteiger partial charge in [-0.15, -0.1) is 0 Å². The Bertz CT molecular complexity index is 474. The van der Waals surface area contributed by atoms with Crippen LogP contribution in [0.25, 0.3) is 0 Å². The summed E-state index contributed by atoms with van der Waals surface area (Å²) in [5, 5.41) is 17.5. The molecule has 17 heavy (non-hydrogen) atoms. The smallest absolute Gasteiger partial charge is 0.122 e. The topological polar surface area (TPSA) is 55.2 Å². The van der Waals surface area contributed by atoms with E-state index in [1.807, 2.05) is 24.3 Å². The molecule has 1 unspecified atom stereocenters. The van der Waals surface area contributed by atoms with Crippen molar-refractivity contribution in [3.05, 3.63) is 53.9 Å². The molecule has 0 fully saturated rings. The molecule has 0 radical (unpaired) electrons. The molecular formula is C13H14N2O2. The van der Waals surface area contributed by atoms with Crippen LogP contribution in [0.5, 0.6) is 5.75 Å². The zero-order valence-corrected chi connectivity index (χ0v) is 9.58. The summed E-state index contributed by atoms with van der Waals surface area (Å²) < 4.78 is 5.24. The van der Waals surface area contributed by atoms with E-state index >= 15 is 0 Å². The van der Waals surface area contributed by atoms with Gasteiger partial charge < -0.3 is 9.84 Å². The molecule has 1 N–H and O–H groups in total. The normalized spacial score (nSPS) is 12.1. The first-order valence-electron chi connectivity index (χ1n) is 5.38. The summed E-state index contributed by atoms with van der Waals surface area (Å²) >= 11 is 0. The molecule has 1 heterocycles. The van der Waals surface area contributed by atoms with Gasteiger partial charge in [0, 0.05) is 18.2 Å². The summed E-state index contributed by atoms with van der Waals surface area (Å²) in [5.41, 5.74) is 1.73. The molecule has 0 aliphatic carbocycles. The number of rotatable bonds is 4. The number of methoxy groups -OCH3 is 1. The van der Waals surface area contributed by atoms with Crippen LogP contribution in [-0.2, 0) is 6.42 Å². The maximum atomic E-state index is 10.1. The number of nitrogens with zero attached hydrogens (tertiary/aromatic N) is 2. The molecule has 0 spiro atoms. The Morgan fingerprint density at radius 2 is 2.06 bits per heavy atom. The van der Waals surface area contributed by atoms with Gasteiger partial charge in [-0.25, -0.2) is 0 Å². The molecule has 0 bridgehead atoms. The van der Waals surface area contributed by atoms with Crippen LogP contribution >= 0.6 is 0 Å². The summed E-state index contributed by atoms with van der Waals surface area (Å²) in [4.78, 5) is 0. The molecular weight excluding hydrogens is 216 g/mol. The summed E-state index contributed by atoms with van der Waals surface area (Å²) in [5.74, 6) is 0.786. The van der Waals surface area contributed by atoms with Gasteiger partial charge in [-0.05, 0) is 17.7 Å². The van der Waals surface area contributed by atoms with Gasteiger partial charge in [-0.3, -0.25) is 0 Å². The largest absolute Gasteiger partial charge is 0.496 e. The van der Waals surface area contributed by atoms with Gasteiger partial charge in [0.2, 0.25) is 0 Å². The predicted molar refractivity (Wildman–Crippen MR) is 63.7 cm³/mol. The van der Waals surface area contributed by atoms with Gasteiger partial charge in [0.15, 0.2) is 0 Å². The van der Waals surface area contributed by atoms with Gasteiger partial charge in [0.1, 0.15) is 5.75 Å². The number of para-hydroxylation sites is 1. The van der Waals surface area contributed by atoms with E-state index in [2.05, 4.69) is 10.2 Å². The zero-order chi connectivity index (χ0) is 12.1. The third-order valence-electron chi connectivity index (χ3n) is 2.60. The van der Waals surface area contributed by atoms with Crippen molar-refractivity contribution in [3.63, 3.8) is 0 Å². The Hall–Kier alpha value is -1.94. The van der Waals surface area contributed by atoms with Crippen LogP contribution in [0.3, 0.4) is 0 Å². The molecule has 4 heteroatoms. The van der Waals surface area contributed by atoms with E-state index in [0.29, 0.717) is 6.42 Å². The van der Waals surface area contributed by atoms with Crippen molar-refractivity contribution >= 4 is 0 Å². The lowest BCUT2D eigenvalue weighted by Gasteiger charge is -2.12. The number of aliphatic hydroxyl groups is 1. The van der Waals surface area contributed by atoms with Crippen molar-refractivity contribution in [2.24, 2.45) is 0 Å². The molecule has 0 aliphatic heterocycles. The highest BCUT2D eigenvalue weighted by Crippen LogP contribution is 2.24. The zero-order valence-electron chi connectivity index (χ0n) is 9.58. The average Bonchev–Trinajstić information content (AvgIpc) is 2.40. The molecule has 0 saturated heterocycles. The van der Waals surface area contributed by atoms with E-state index in [1.54, 1.807) is 25.6 Å². The molecule has 0 saturated carbocycles. The first-order valence-corrected chi connectivity index (χ1v) is 5.38. The van der Waals surface area contributed by atoms with Crippen molar-refractivity contribution < 1.29 is 9.84 Å². The molecule has 4 nitrogen and oxygen atoms in total. The van der Waals surface area contributed by atoms with Crippen LogP contribution in [0.2, 0.25) is 0 Å². The number of aliphatic hydroxyl groups excluding tert-OH is 1. The lowest BCUT2D eigenvalue weighted by Crippen LogP contribution is -2.04. The van der Waals surface area contributed by atoms with Gasteiger partial charge in [-0.2, -0.15) is 10.2 Å². The maximum absolute atomic E-state index is 10.1. The third-order valence-corrected chi connectivity index (χ3v) is 2.60. The first-order chi connectivity index (χ1) is 8.31. The second kappa shape index (κ2) is 5.41. The van der Waals surface area contributed by atoms with Gasteiger partial charge in [-0.1, -0.05) is 18.2 Å². The Kier molecular flexibility index (Phi) is 3.67. The van der Waals surface area contributed by atoms with Crippen LogP contribution in [0, 0.1) is 0 Å². The summed E-state index contributed by atoms with van der Waals surface area (Å²) in [7, 11) is 1.62. The van der Waals surface area contributed by atoms with Crippen molar-refractivity contribution in [3.8, 4) is 5.75 Å². The van der Waals surface area contributed by atoms with Crippen molar-refractivity contribution in [2.45, 2.75) is 12.5 Å². The Morgan fingerprint density at radius 3 is 2.76 bits per heavy atom. The van der Waals surface area contributed by atoms with Gasteiger partial charge in [0.05, 0.1) is 19.4 Å². The monoisotopic (exact) mass is 230 g/mol. The molecule has 88 valence electrons. The predicted octanol–water partition coefficient (Wildman–Crippen LogP) is 1.76. The number of ether oxygens (including phenoxy) is 1. The molecule has 1 aromatic carbocycles. The number of hydrogen-bond acceptors (Lipinski definition) is 4. The van der Waals surface area contributed by atoms with Crippen molar-refractivity contribution in [1.82, 2.24) is 10.2 Å². The highest BCUT2D eigenvalue weighted by molar-refractivity contribution is 5.34. The van der Waals surface area contributed by atoms with E-state index in [1.165, 1.54) is 0 Å². The van der Waals surface area contributed by atoms with Crippen LogP contribution in [-0.4, -0.2) is 22.4 Å². The minimum absolute atomic E-state index is 0.496. The van der Waals surface area contributed by atoms with Crippen LogP contribution in [0.1, 0.15) is 17.2 Å². The van der Waals surface area contributed by atoms with E-state index < -0.39 is 6.10 Å². The van der Waals surface area contributed by atoms with Gasteiger partial charge in [0.25, 0.3) is 0 Å². The highest BCUT2D eigenvalue weighted by atomic mass is 16.5. The van der Waals surface area contributed by atoms with E-state index in [9.17, 15) is 5.11 Å². The minimum atomic E-state index is -0.596. The third kappa shape index (κ3) is 2.79.